The van der Waals surface area contributed by atoms with Gasteiger partial charge in [0.1, 0.15) is 0 Å². The van der Waals surface area contributed by atoms with Crippen molar-refractivity contribution in [2.75, 3.05) is 0 Å². The van der Waals surface area contributed by atoms with Crippen molar-refractivity contribution in [3.05, 3.63) is 0 Å². The summed E-state index contributed by atoms with van der Waals surface area (Å²) in [5.41, 5.74) is 0. The normalized spacial score (nSPS) is 20.1. The van der Waals surface area contributed by atoms with E-state index in [2.05, 4.69) is 31.4 Å². The van der Waals surface area contributed by atoms with Crippen LogP contribution in [-0.4, -0.2) is 24.0 Å². The fourth-order valence-electron chi connectivity index (χ4n) is 1.83. The van der Waals surface area contributed by atoms with Gasteiger partial charge in [-0.3, -0.25) is 4.79 Å². The molecule has 88 valence electrons. The van der Waals surface area contributed by atoms with Crippen molar-refractivity contribution in [2.24, 2.45) is 5.92 Å². The quantitative estimate of drug-likeness (QED) is 0.703. The highest BCUT2D eigenvalue weighted by atomic mass is 16.2. The summed E-state index contributed by atoms with van der Waals surface area (Å²) in [5, 5.41) is 6.34. The molecule has 0 aliphatic heterocycles. The number of nitrogens with one attached hydrogen (secondary N) is 2. The van der Waals surface area contributed by atoms with Gasteiger partial charge in [-0.15, -0.1) is 0 Å². The molecule has 2 atom stereocenters. The van der Waals surface area contributed by atoms with Crippen LogP contribution < -0.4 is 10.6 Å². The highest BCUT2D eigenvalue weighted by molar-refractivity contribution is 5.81. The molecule has 0 saturated heterocycles. The molecule has 0 aromatic rings. The van der Waals surface area contributed by atoms with Gasteiger partial charge in [-0.05, 0) is 39.0 Å². The first-order valence-corrected chi connectivity index (χ1v) is 6.05. The molecule has 2 unspecified atom stereocenters. The molecule has 1 fully saturated rings. The lowest BCUT2D eigenvalue weighted by molar-refractivity contribution is -0.123. The summed E-state index contributed by atoms with van der Waals surface area (Å²) >= 11 is 0. The lowest BCUT2D eigenvalue weighted by Gasteiger charge is -2.20. The molecule has 0 bridgehead atoms. The van der Waals surface area contributed by atoms with Gasteiger partial charge in [0.15, 0.2) is 0 Å². The van der Waals surface area contributed by atoms with Crippen molar-refractivity contribution >= 4 is 5.91 Å². The van der Waals surface area contributed by atoms with E-state index >= 15 is 0 Å². The fourth-order valence-corrected chi connectivity index (χ4v) is 1.83. The van der Waals surface area contributed by atoms with Gasteiger partial charge in [0, 0.05) is 12.1 Å². The molecule has 15 heavy (non-hydrogen) atoms. The Balaban J connectivity index is 2.20. The zero-order valence-corrected chi connectivity index (χ0v) is 10.3. The molecule has 1 aliphatic rings. The summed E-state index contributed by atoms with van der Waals surface area (Å²) in [7, 11) is 0. The molecule has 3 nitrogen and oxygen atoms in total. The number of hydrogen-bond acceptors (Lipinski definition) is 2. The Morgan fingerprint density at radius 2 is 1.87 bits per heavy atom. The van der Waals surface area contributed by atoms with Gasteiger partial charge >= 0.3 is 0 Å². The first-order chi connectivity index (χ1) is 6.99. The summed E-state index contributed by atoms with van der Waals surface area (Å²) in [6.45, 7) is 8.48. The lowest BCUT2D eigenvalue weighted by Crippen LogP contribution is -2.46. The number of carbonyl (C=O) groups excluding carboxylic acids is 1. The van der Waals surface area contributed by atoms with E-state index in [0.29, 0.717) is 18.0 Å². The van der Waals surface area contributed by atoms with Crippen LogP contribution in [0.3, 0.4) is 0 Å². The second-order valence-electron chi connectivity index (χ2n) is 5.20. The van der Waals surface area contributed by atoms with Crippen LogP contribution in [0.4, 0.5) is 0 Å². The molecule has 2 N–H and O–H groups in total. The van der Waals surface area contributed by atoms with E-state index in [9.17, 15) is 4.79 Å². The van der Waals surface area contributed by atoms with E-state index < -0.39 is 0 Å². The number of amides is 1. The average molecular weight is 212 g/mol. The van der Waals surface area contributed by atoms with Crippen LogP contribution in [0.1, 0.15) is 47.0 Å². The largest absolute Gasteiger partial charge is 0.352 e. The van der Waals surface area contributed by atoms with Crippen LogP contribution in [0.25, 0.3) is 0 Å². The number of carbonyl (C=O) groups is 1. The Labute approximate surface area is 93.0 Å². The summed E-state index contributed by atoms with van der Waals surface area (Å²) in [5.74, 6) is 0.819. The third kappa shape index (κ3) is 5.17. The van der Waals surface area contributed by atoms with Crippen LogP contribution in [0, 0.1) is 5.92 Å². The summed E-state index contributed by atoms with van der Waals surface area (Å²) in [4.78, 5) is 11.6. The lowest BCUT2D eigenvalue weighted by atomic mass is 10.0. The third-order valence-corrected chi connectivity index (χ3v) is 2.68. The number of rotatable bonds is 6. The van der Waals surface area contributed by atoms with Crippen molar-refractivity contribution in [3.8, 4) is 0 Å². The van der Waals surface area contributed by atoms with Crippen LogP contribution in [0.15, 0.2) is 0 Å². The van der Waals surface area contributed by atoms with Crippen LogP contribution in [0.5, 0.6) is 0 Å². The van der Waals surface area contributed by atoms with Crippen LogP contribution >= 0.6 is 0 Å². The molecule has 0 spiro atoms. The summed E-state index contributed by atoms with van der Waals surface area (Å²) in [6, 6.07) is 0.798. The molecule has 1 amide bonds. The van der Waals surface area contributed by atoms with Crippen molar-refractivity contribution in [3.63, 3.8) is 0 Å². The van der Waals surface area contributed by atoms with Crippen LogP contribution in [-0.2, 0) is 4.79 Å². The first kappa shape index (κ1) is 12.5. The van der Waals surface area contributed by atoms with Crippen molar-refractivity contribution in [1.29, 1.82) is 0 Å². The Morgan fingerprint density at radius 3 is 2.33 bits per heavy atom. The van der Waals surface area contributed by atoms with Gasteiger partial charge in [-0.25, -0.2) is 0 Å². The summed E-state index contributed by atoms with van der Waals surface area (Å²) in [6.07, 6.45) is 3.42. The molecular formula is C12H24N2O. The highest BCUT2D eigenvalue weighted by Crippen LogP contribution is 2.18. The Bertz CT molecular complexity index is 212. The van der Waals surface area contributed by atoms with Crippen molar-refractivity contribution in [2.45, 2.75) is 65.1 Å². The predicted octanol–water partition coefficient (Wildman–Crippen LogP) is 1.68. The Kier molecular flexibility index (Phi) is 4.58. The average Bonchev–Trinajstić information content (AvgIpc) is 2.86. The molecule has 0 radical (unpaired) electrons. The minimum Gasteiger partial charge on any atom is -0.352 e. The highest BCUT2D eigenvalue weighted by Gasteiger charge is 2.25. The third-order valence-electron chi connectivity index (χ3n) is 2.68. The Hall–Kier alpha value is -0.570. The minimum absolute atomic E-state index is 0.0700. The van der Waals surface area contributed by atoms with E-state index in [1.54, 1.807) is 0 Å². The zero-order valence-electron chi connectivity index (χ0n) is 10.3. The maximum atomic E-state index is 11.6. The van der Waals surface area contributed by atoms with Gasteiger partial charge in [-0.1, -0.05) is 13.8 Å². The maximum Gasteiger partial charge on any atom is 0.237 e. The van der Waals surface area contributed by atoms with Crippen molar-refractivity contribution < 1.29 is 4.79 Å². The Morgan fingerprint density at radius 1 is 1.27 bits per heavy atom. The maximum absolute atomic E-state index is 11.6. The monoisotopic (exact) mass is 212 g/mol. The van der Waals surface area contributed by atoms with Gasteiger partial charge in [-0.2, -0.15) is 0 Å². The van der Waals surface area contributed by atoms with Crippen molar-refractivity contribution in [1.82, 2.24) is 10.6 Å². The van der Waals surface area contributed by atoms with Gasteiger partial charge in [0.25, 0.3) is 0 Å². The van der Waals surface area contributed by atoms with E-state index in [-0.39, 0.29) is 11.9 Å². The predicted molar refractivity (Wildman–Crippen MR) is 62.7 cm³/mol. The SMILES string of the molecule is CC(C)CC(C)NC(C)C(=O)NC1CC1. The molecular weight excluding hydrogens is 188 g/mol. The smallest absolute Gasteiger partial charge is 0.237 e. The van der Waals surface area contributed by atoms with E-state index in [4.69, 9.17) is 0 Å². The molecule has 1 saturated carbocycles. The molecule has 1 aliphatic carbocycles. The first-order valence-electron chi connectivity index (χ1n) is 6.05. The fraction of sp³-hybridized carbons (Fsp3) is 0.917. The second-order valence-corrected chi connectivity index (χ2v) is 5.20. The van der Waals surface area contributed by atoms with E-state index in [1.807, 2.05) is 6.92 Å². The van der Waals surface area contributed by atoms with E-state index in [0.717, 1.165) is 19.3 Å². The molecule has 0 aromatic carbocycles. The number of hydrogen-bond donors (Lipinski definition) is 2. The van der Waals surface area contributed by atoms with Gasteiger partial charge in [0.2, 0.25) is 5.91 Å². The molecule has 0 heterocycles. The summed E-state index contributed by atoms with van der Waals surface area (Å²) < 4.78 is 0. The molecule has 0 aromatic heterocycles. The molecule has 3 heteroatoms. The second kappa shape index (κ2) is 5.50. The van der Waals surface area contributed by atoms with Crippen LogP contribution in [0.2, 0.25) is 0 Å². The molecule has 1 rings (SSSR count). The zero-order chi connectivity index (χ0) is 11.4. The topological polar surface area (TPSA) is 41.1 Å². The van der Waals surface area contributed by atoms with Gasteiger partial charge in [0.05, 0.1) is 6.04 Å². The minimum atomic E-state index is -0.0700. The van der Waals surface area contributed by atoms with Gasteiger partial charge < -0.3 is 10.6 Å². The van der Waals surface area contributed by atoms with E-state index in [1.165, 1.54) is 0 Å². The standard InChI is InChI=1S/C12H24N2O/c1-8(2)7-9(3)13-10(4)12(15)14-11-5-6-11/h8-11,13H,5-7H2,1-4H3,(H,14,15).